The molecule has 1 heterocycles. The Hall–Kier alpha value is -1.29. The highest BCUT2D eigenvalue weighted by molar-refractivity contribution is 9.09. The number of hydrogen-bond donors (Lipinski definition) is 2. The van der Waals surface area contributed by atoms with Crippen molar-refractivity contribution in [3.63, 3.8) is 0 Å². The predicted octanol–water partition coefficient (Wildman–Crippen LogP) is 3.92. The summed E-state index contributed by atoms with van der Waals surface area (Å²) < 4.78 is 0. The van der Waals surface area contributed by atoms with Crippen molar-refractivity contribution in [3.8, 4) is 5.75 Å². The average molecular weight is 309 g/mol. The summed E-state index contributed by atoms with van der Waals surface area (Å²) in [5.74, 6) is 1.10. The smallest absolute Gasteiger partial charge is 0.133 e. The first-order valence-electron chi connectivity index (χ1n) is 6.16. The molecule has 0 amide bonds. The van der Waals surface area contributed by atoms with Gasteiger partial charge in [-0.2, -0.15) is 0 Å². The first kappa shape index (κ1) is 13.1. The van der Waals surface area contributed by atoms with Crippen molar-refractivity contribution in [1.82, 2.24) is 4.98 Å². The molecule has 0 aliphatic heterocycles. The van der Waals surface area contributed by atoms with Gasteiger partial charge in [-0.1, -0.05) is 28.9 Å². The van der Waals surface area contributed by atoms with Crippen molar-refractivity contribution in [2.45, 2.75) is 24.6 Å². The molecule has 0 saturated carbocycles. The molecule has 0 bridgehead atoms. The van der Waals surface area contributed by atoms with E-state index in [1.165, 1.54) is 0 Å². The molecule has 0 spiro atoms. The van der Waals surface area contributed by atoms with Crippen LogP contribution in [0.25, 0.3) is 10.8 Å². The number of aromatic nitrogens is 1. The van der Waals surface area contributed by atoms with Crippen LogP contribution in [0.15, 0.2) is 30.5 Å². The monoisotopic (exact) mass is 308 g/mol. The standard InChI is InChI=1S/C14H17BrN2O/c1-2-11(15)6-8-17-14-13-9-12(18)4-3-10(13)5-7-16-14/h3-5,7,9,11,18H,2,6,8H2,1H3,(H,16,17). The van der Waals surface area contributed by atoms with Crippen molar-refractivity contribution >= 4 is 32.5 Å². The van der Waals surface area contributed by atoms with Crippen molar-refractivity contribution in [1.29, 1.82) is 0 Å². The number of fused-ring (bicyclic) bond motifs is 1. The number of phenolic OH excluding ortho intramolecular Hbond substituents is 1. The van der Waals surface area contributed by atoms with E-state index < -0.39 is 0 Å². The second kappa shape index (κ2) is 6.05. The van der Waals surface area contributed by atoms with Crippen LogP contribution in [0.4, 0.5) is 5.82 Å². The summed E-state index contributed by atoms with van der Waals surface area (Å²) in [6, 6.07) is 7.28. The fraction of sp³-hybridized carbons (Fsp3) is 0.357. The normalized spacial score (nSPS) is 12.6. The number of aromatic hydroxyl groups is 1. The number of phenols is 1. The molecule has 1 aromatic heterocycles. The molecule has 3 nitrogen and oxygen atoms in total. The van der Waals surface area contributed by atoms with E-state index in [-0.39, 0.29) is 5.75 Å². The third-order valence-corrected chi connectivity index (χ3v) is 4.05. The summed E-state index contributed by atoms with van der Waals surface area (Å²) in [6.45, 7) is 3.03. The maximum atomic E-state index is 9.54. The van der Waals surface area contributed by atoms with E-state index in [1.807, 2.05) is 12.1 Å². The van der Waals surface area contributed by atoms with Gasteiger partial charge in [0.15, 0.2) is 0 Å². The molecule has 18 heavy (non-hydrogen) atoms. The Morgan fingerprint density at radius 1 is 1.39 bits per heavy atom. The van der Waals surface area contributed by atoms with Gasteiger partial charge in [0.05, 0.1) is 0 Å². The number of rotatable bonds is 5. The second-order valence-corrected chi connectivity index (χ2v) is 5.58. The third kappa shape index (κ3) is 3.13. The minimum absolute atomic E-state index is 0.269. The number of benzene rings is 1. The van der Waals surface area contributed by atoms with Crippen LogP contribution in [0.3, 0.4) is 0 Å². The highest BCUT2D eigenvalue weighted by Crippen LogP contribution is 2.25. The number of nitrogens with zero attached hydrogens (tertiary/aromatic N) is 1. The number of hydrogen-bond acceptors (Lipinski definition) is 3. The molecule has 4 heteroatoms. The molecule has 0 fully saturated rings. The van der Waals surface area contributed by atoms with Crippen LogP contribution < -0.4 is 5.32 Å². The number of anilines is 1. The van der Waals surface area contributed by atoms with Crippen LogP contribution in [0.5, 0.6) is 5.75 Å². The minimum atomic E-state index is 0.269. The molecule has 1 atom stereocenters. The zero-order chi connectivity index (χ0) is 13.0. The van der Waals surface area contributed by atoms with Crippen LogP contribution >= 0.6 is 15.9 Å². The lowest BCUT2D eigenvalue weighted by atomic mass is 10.1. The van der Waals surface area contributed by atoms with Gasteiger partial charge in [-0.05, 0) is 36.4 Å². The molecular formula is C14H17BrN2O. The number of nitrogens with one attached hydrogen (secondary N) is 1. The molecule has 1 aromatic carbocycles. The van der Waals surface area contributed by atoms with Crippen LogP contribution in [0, 0.1) is 0 Å². The SMILES string of the molecule is CCC(Br)CCNc1nccc2ccc(O)cc12. The molecule has 2 rings (SSSR count). The Balaban J connectivity index is 2.15. The van der Waals surface area contributed by atoms with Gasteiger partial charge in [0.25, 0.3) is 0 Å². The summed E-state index contributed by atoms with van der Waals surface area (Å²) in [6.07, 6.45) is 3.95. The Morgan fingerprint density at radius 2 is 2.22 bits per heavy atom. The van der Waals surface area contributed by atoms with Crippen LogP contribution in [0.1, 0.15) is 19.8 Å². The third-order valence-electron chi connectivity index (χ3n) is 2.94. The van der Waals surface area contributed by atoms with E-state index in [2.05, 4.69) is 33.2 Å². The Morgan fingerprint density at radius 3 is 3.00 bits per heavy atom. The lowest BCUT2D eigenvalue weighted by Crippen LogP contribution is -2.08. The highest BCUT2D eigenvalue weighted by Gasteiger charge is 2.04. The lowest BCUT2D eigenvalue weighted by molar-refractivity contribution is 0.476. The van der Waals surface area contributed by atoms with Crippen LogP contribution in [-0.4, -0.2) is 21.5 Å². The van der Waals surface area contributed by atoms with Crippen molar-refractivity contribution in [3.05, 3.63) is 30.5 Å². The van der Waals surface area contributed by atoms with Gasteiger partial charge in [0, 0.05) is 23.0 Å². The largest absolute Gasteiger partial charge is 0.508 e. The van der Waals surface area contributed by atoms with Crippen LogP contribution in [0.2, 0.25) is 0 Å². The van der Waals surface area contributed by atoms with Gasteiger partial charge in [-0.15, -0.1) is 0 Å². The molecule has 0 aliphatic rings. The summed E-state index contributed by atoms with van der Waals surface area (Å²) in [5.41, 5.74) is 0. The first-order valence-corrected chi connectivity index (χ1v) is 7.08. The molecule has 1 unspecified atom stereocenters. The Kier molecular flexibility index (Phi) is 4.42. The van der Waals surface area contributed by atoms with E-state index in [1.54, 1.807) is 18.3 Å². The zero-order valence-electron chi connectivity index (χ0n) is 10.4. The molecule has 0 aliphatic carbocycles. The predicted molar refractivity (Wildman–Crippen MR) is 79.5 cm³/mol. The number of alkyl halides is 1. The lowest BCUT2D eigenvalue weighted by Gasteiger charge is -2.10. The average Bonchev–Trinajstić information content (AvgIpc) is 2.39. The first-order chi connectivity index (χ1) is 8.70. The molecule has 2 aromatic rings. The fourth-order valence-corrected chi connectivity index (χ4v) is 2.08. The van der Waals surface area contributed by atoms with Gasteiger partial charge < -0.3 is 10.4 Å². The van der Waals surface area contributed by atoms with Gasteiger partial charge in [0.2, 0.25) is 0 Å². The van der Waals surface area contributed by atoms with Crippen molar-refractivity contribution in [2.24, 2.45) is 0 Å². The molecular weight excluding hydrogens is 292 g/mol. The maximum Gasteiger partial charge on any atom is 0.133 e. The minimum Gasteiger partial charge on any atom is -0.508 e. The number of pyridine rings is 1. The second-order valence-electron chi connectivity index (χ2n) is 4.29. The Labute approximate surface area is 115 Å². The Bertz CT molecular complexity index is 530. The van der Waals surface area contributed by atoms with Gasteiger partial charge >= 0.3 is 0 Å². The zero-order valence-corrected chi connectivity index (χ0v) is 11.9. The number of halogens is 1. The maximum absolute atomic E-state index is 9.54. The summed E-state index contributed by atoms with van der Waals surface area (Å²) in [5, 5.41) is 14.9. The summed E-state index contributed by atoms with van der Waals surface area (Å²) in [4.78, 5) is 4.87. The summed E-state index contributed by atoms with van der Waals surface area (Å²) in [7, 11) is 0. The molecule has 0 saturated heterocycles. The molecule has 2 N–H and O–H groups in total. The van der Waals surface area contributed by atoms with E-state index in [4.69, 9.17) is 0 Å². The fourth-order valence-electron chi connectivity index (χ4n) is 1.85. The topological polar surface area (TPSA) is 45.2 Å². The van der Waals surface area contributed by atoms with Crippen LogP contribution in [-0.2, 0) is 0 Å². The molecule has 0 radical (unpaired) electrons. The highest BCUT2D eigenvalue weighted by atomic mass is 79.9. The van der Waals surface area contributed by atoms with E-state index in [9.17, 15) is 5.11 Å². The van der Waals surface area contributed by atoms with Crippen molar-refractivity contribution in [2.75, 3.05) is 11.9 Å². The quantitative estimate of drug-likeness (QED) is 0.823. The summed E-state index contributed by atoms with van der Waals surface area (Å²) >= 11 is 3.61. The van der Waals surface area contributed by atoms with E-state index in [0.29, 0.717) is 4.83 Å². The van der Waals surface area contributed by atoms with Gasteiger partial charge in [-0.3, -0.25) is 0 Å². The van der Waals surface area contributed by atoms with Gasteiger partial charge in [-0.25, -0.2) is 4.98 Å². The van der Waals surface area contributed by atoms with Crippen molar-refractivity contribution < 1.29 is 5.11 Å². The van der Waals surface area contributed by atoms with E-state index in [0.717, 1.165) is 36.0 Å². The molecule has 96 valence electrons. The van der Waals surface area contributed by atoms with E-state index >= 15 is 0 Å². The van der Waals surface area contributed by atoms with Gasteiger partial charge in [0.1, 0.15) is 11.6 Å².